The van der Waals surface area contributed by atoms with Crippen molar-refractivity contribution in [1.29, 1.82) is 0 Å². The molecule has 0 unspecified atom stereocenters. The van der Waals surface area contributed by atoms with Crippen LogP contribution in [-0.2, 0) is 11.3 Å². The Kier molecular flexibility index (Phi) is 6.13. The second kappa shape index (κ2) is 8.82. The Hall–Kier alpha value is -2.68. The lowest BCUT2D eigenvalue weighted by molar-refractivity contribution is -0.141. The van der Waals surface area contributed by atoms with Gasteiger partial charge in [0.25, 0.3) is 0 Å². The van der Waals surface area contributed by atoms with E-state index in [4.69, 9.17) is 17.0 Å². The molecule has 1 aliphatic carbocycles. The molecule has 7 nitrogen and oxygen atoms in total. The lowest BCUT2D eigenvalue weighted by Crippen LogP contribution is -2.61. The summed E-state index contributed by atoms with van der Waals surface area (Å²) in [6.45, 7) is 0.465. The lowest BCUT2D eigenvalue weighted by atomic mass is 9.77. The highest BCUT2D eigenvalue weighted by Gasteiger charge is 2.54. The van der Waals surface area contributed by atoms with E-state index in [2.05, 4.69) is 5.32 Å². The van der Waals surface area contributed by atoms with E-state index in [-0.39, 0.29) is 12.3 Å². The first kappa shape index (κ1) is 21.5. The van der Waals surface area contributed by atoms with Gasteiger partial charge in [0.05, 0.1) is 31.2 Å². The molecule has 1 heterocycles. The van der Waals surface area contributed by atoms with Crippen LogP contribution in [0.5, 0.6) is 5.75 Å². The summed E-state index contributed by atoms with van der Waals surface area (Å²) in [5.41, 5.74) is 1.83. The fraction of sp³-hybridized carbons (Fsp3) is 0.391. The number of aliphatic hydroxyl groups is 2. The van der Waals surface area contributed by atoms with Crippen LogP contribution in [0.1, 0.15) is 12.0 Å². The Morgan fingerprint density at radius 1 is 1.19 bits per heavy atom. The maximum Gasteiger partial charge on any atom is 0.228 e. The molecule has 31 heavy (non-hydrogen) atoms. The molecule has 0 aromatic heterocycles. The first-order valence-electron chi connectivity index (χ1n) is 10.3. The molecule has 1 amide bonds. The smallest absolute Gasteiger partial charge is 0.228 e. The Labute approximate surface area is 187 Å². The number of ether oxygens (including phenoxy) is 1. The highest BCUT2D eigenvalue weighted by Crippen LogP contribution is 2.38. The third kappa shape index (κ3) is 4.11. The average Bonchev–Trinajstić information content (AvgIpc) is 3.13. The average molecular weight is 442 g/mol. The summed E-state index contributed by atoms with van der Waals surface area (Å²) in [5.74, 6) is 0.0923. The molecule has 2 aromatic rings. The number of amides is 1. The summed E-state index contributed by atoms with van der Waals surface area (Å²) in [5, 5.41) is 24.7. The van der Waals surface area contributed by atoms with Crippen LogP contribution in [0.3, 0.4) is 0 Å². The molecule has 1 saturated carbocycles. The molecule has 0 spiro atoms. The van der Waals surface area contributed by atoms with E-state index in [0.717, 1.165) is 11.3 Å². The number of hydrogen-bond acceptors (Lipinski definition) is 5. The largest absolute Gasteiger partial charge is 0.497 e. The number of thiocarbonyl (C=S) groups is 1. The number of methoxy groups -OCH3 is 1. The summed E-state index contributed by atoms with van der Waals surface area (Å²) in [6, 6.07) is 16.2. The number of rotatable bonds is 5. The minimum Gasteiger partial charge on any atom is -0.497 e. The maximum atomic E-state index is 13.5. The van der Waals surface area contributed by atoms with Crippen LogP contribution in [0.25, 0.3) is 0 Å². The summed E-state index contributed by atoms with van der Waals surface area (Å²) < 4.78 is 5.24. The van der Waals surface area contributed by atoms with E-state index in [9.17, 15) is 15.0 Å². The third-order valence-electron chi connectivity index (χ3n) is 6.15. The monoisotopic (exact) mass is 441 g/mol. The Morgan fingerprint density at radius 3 is 2.52 bits per heavy atom. The number of anilines is 1. The summed E-state index contributed by atoms with van der Waals surface area (Å²) in [7, 11) is 3.36. The minimum atomic E-state index is -1.02. The number of nitrogens with one attached hydrogen (secondary N) is 1. The van der Waals surface area contributed by atoms with Crippen molar-refractivity contribution in [3.05, 3.63) is 60.2 Å². The highest BCUT2D eigenvalue weighted by molar-refractivity contribution is 7.80. The van der Waals surface area contributed by atoms with Gasteiger partial charge >= 0.3 is 0 Å². The molecule has 164 valence electrons. The summed E-state index contributed by atoms with van der Waals surface area (Å²) in [6.07, 6.45) is -1.86. The number of hydrogen-bond donors (Lipinski definition) is 3. The topological polar surface area (TPSA) is 85.3 Å². The van der Waals surface area contributed by atoms with Crippen LogP contribution >= 0.6 is 12.2 Å². The van der Waals surface area contributed by atoms with Gasteiger partial charge in [0.2, 0.25) is 5.91 Å². The number of carbonyl (C=O) groups is 1. The fourth-order valence-electron chi connectivity index (χ4n) is 4.59. The van der Waals surface area contributed by atoms with Gasteiger partial charge < -0.3 is 30.1 Å². The second-order valence-electron chi connectivity index (χ2n) is 8.11. The first-order valence-corrected chi connectivity index (χ1v) is 10.7. The number of carbonyl (C=O) groups excluding carboxylic acids is 1. The third-order valence-corrected chi connectivity index (χ3v) is 6.47. The van der Waals surface area contributed by atoms with E-state index in [0.29, 0.717) is 17.4 Å². The zero-order valence-corrected chi connectivity index (χ0v) is 18.3. The zero-order chi connectivity index (χ0) is 22.1. The Morgan fingerprint density at radius 2 is 1.87 bits per heavy atom. The predicted octanol–water partition coefficient (Wildman–Crippen LogP) is 1.53. The van der Waals surface area contributed by atoms with Crippen molar-refractivity contribution in [2.75, 3.05) is 19.1 Å². The molecule has 3 N–H and O–H groups in total. The van der Waals surface area contributed by atoms with Crippen LogP contribution in [0.2, 0.25) is 0 Å². The molecule has 2 aromatic carbocycles. The molecule has 0 bridgehead atoms. The zero-order valence-electron chi connectivity index (χ0n) is 17.5. The summed E-state index contributed by atoms with van der Waals surface area (Å²) >= 11 is 5.57. The Bertz CT molecular complexity index is 940. The fourth-order valence-corrected chi connectivity index (χ4v) is 4.95. The van der Waals surface area contributed by atoms with Gasteiger partial charge in [-0.1, -0.05) is 30.3 Å². The standard InChI is InChI=1S/C23H27N3O4S/c1-25(13-14-6-4-3-5-7-14)22(29)17-12-18(27)21(28)19-20(17)26(23(31)24-19)15-8-10-16(30-2)11-9-15/h3-11,17-21,27-28H,12-13H2,1-2H3,(H,24,31)/t17-,18+,19-,20+,21-/m0/s1. The van der Waals surface area contributed by atoms with Gasteiger partial charge in [-0.3, -0.25) is 4.79 Å². The molecule has 0 radical (unpaired) electrons. The van der Waals surface area contributed by atoms with Crippen LogP contribution in [0.15, 0.2) is 54.6 Å². The normalized spacial score (nSPS) is 27.4. The van der Waals surface area contributed by atoms with Crippen molar-refractivity contribution in [3.8, 4) is 5.75 Å². The number of fused-ring (bicyclic) bond motifs is 1. The second-order valence-corrected chi connectivity index (χ2v) is 8.50. The van der Waals surface area contributed by atoms with E-state index in [1.807, 2.05) is 59.5 Å². The van der Waals surface area contributed by atoms with Gasteiger partial charge in [0, 0.05) is 19.3 Å². The van der Waals surface area contributed by atoms with Crippen molar-refractivity contribution < 1.29 is 19.7 Å². The molecule has 2 fully saturated rings. The van der Waals surface area contributed by atoms with Crippen molar-refractivity contribution in [2.45, 2.75) is 37.3 Å². The van der Waals surface area contributed by atoms with E-state index in [1.54, 1.807) is 19.1 Å². The van der Waals surface area contributed by atoms with E-state index >= 15 is 0 Å². The van der Waals surface area contributed by atoms with Crippen molar-refractivity contribution >= 4 is 28.9 Å². The summed E-state index contributed by atoms with van der Waals surface area (Å²) in [4.78, 5) is 17.1. The first-order chi connectivity index (χ1) is 14.9. The number of benzene rings is 2. The predicted molar refractivity (Wildman–Crippen MR) is 122 cm³/mol. The molecule has 8 heteroatoms. The van der Waals surface area contributed by atoms with Crippen molar-refractivity contribution in [3.63, 3.8) is 0 Å². The highest BCUT2D eigenvalue weighted by atomic mass is 32.1. The van der Waals surface area contributed by atoms with Gasteiger partial charge in [0.15, 0.2) is 5.11 Å². The quantitative estimate of drug-likeness (QED) is 0.607. The van der Waals surface area contributed by atoms with Crippen LogP contribution in [0, 0.1) is 5.92 Å². The van der Waals surface area contributed by atoms with Crippen LogP contribution in [0.4, 0.5) is 5.69 Å². The number of aliphatic hydroxyl groups excluding tert-OH is 2. The van der Waals surface area contributed by atoms with Crippen molar-refractivity contribution in [2.24, 2.45) is 5.92 Å². The SMILES string of the molecule is COc1ccc(N2C(=S)N[C@@H]3[C@@H](O)[C@H](O)C[C@H](C(=O)N(C)Cc4ccccc4)[C@H]32)cc1. The maximum absolute atomic E-state index is 13.5. The van der Waals surface area contributed by atoms with Gasteiger partial charge in [-0.2, -0.15) is 0 Å². The van der Waals surface area contributed by atoms with Gasteiger partial charge in [-0.05, 0) is 48.5 Å². The van der Waals surface area contributed by atoms with E-state index in [1.165, 1.54) is 0 Å². The van der Waals surface area contributed by atoms with Gasteiger partial charge in [0.1, 0.15) is 11.9 Å². The molecular weight excluding hydrogens is 414 g/mol. The molecule has 2 aliphatic rings. The van der Waals surface area contributed by atoms with Crippen LogP contribution in [-0.4, -0.2) is 64.6 Å². The molecule has 5 atom stereocenters. The molecule has 1 aliphatic heterocycles. The Balaban J connectivity index is 1.63. The minimum absolute atomic E-state index is 0.0881. The lowest BCUT2D eigenvalue weighted by Gasteiger charge is -2.42. The van der Waals surface area contributed by atoms with E-state index < -0.39 is 30.2 Å². The van der Waals surface area contributed by atoms with Crippen LogP contribution < -0.4 is 15.0 Å². The molecular formula is C23H27N3O4S. The number of nitrogens with zero attached hydrogens (tertiary/aromatic N) is 2. The molecule has 1 saturated heterocycles. The van der Waals surface area contributed by atoms with Gasteiger partial charge in [-0.15, -0.1) is 0 Å². The van der Waals surface area contributed by atoms with Crippen molar-refractivity contribution in [1.82, 2.24) is 10.2 Å². The van der Waals surface area contributed by atoms with Gasteiger partial charge in [-0.25, -0.2) is 0 Å². The molecule has 4 rings (SSSR count).